The minimum absolute atomic E-state index is 0.110. The Labute approximate surface area is 92.6 Å². The van der Waals surface area contributed by atoms with Gasteiger partial charge >= 0.3 is 5.97 Å². The SMILES string of the molecule is O=C(O)c1ncccc1Cc1ccncc1. The molecule has 0 saturated carbocycles. The number of carboxylic acid groups (broad SMARTS) is 1. The molecule has 0 radical (unpaired) electrons. The number of nitrogens with zero attached hydrogens (tertiary/aromatic N) is 2. The topological polar surface area (TPSA) is 63.1 Å². The highest BCUT2D eigenvalue weighted by Crippen LogP contribution is 2.11. The number of aromatic carboxylic acids is 1. The summed E-state index contributed by atoms with van der Waals surface area (Å²) in [7, 11) is 0. The second-order valence-electron chi connectivity index (χ2n) is 3.35. The van der Waals surface area contributed by atoms with Gasteiger partial charge in [-0.05, 0) is 35.7 Å². The van der Waals surface area contributed by atoms with Crippen LogP contribution in [-0.4, -0.2) is 21.0 Å². The van der Waals surface area contributed by atoms with Gasteiger partial charge in [0.05, 0.1) is 0 Å². The molecule has 4 heteroatoms. The van der Waals surface area contributed by atoms with E-state index in [1.54, 1.807) is 24.5 Å². The summed E-state index contributed by atoms with van der Waals surface area (Å²) in [6, 6.07) is 7.23. The van der Waals surface area contributed by atoms with E-state index in [1.165, 1.54) is 6.20 Å². The number of carboxylic acids is 1. The van der Waals surface area contributed by atoms with Crippen LogP contribution in [-0.2, 0) is 6.42 Å². The van der Waals surface area contributed by atoms with Crippen molar-refractivity contribution < 1.29 is 9.90 Å². The molecule has 2 aromatic rings. The number of aromatic nitrogens is 2. The van der Waals surface area contributed by atoms with Gasteiger partial charge < -0.3 is 5.11 Å². The van der Waals surface area contributed by atoms with E-state index < -0.39 is 5.97 Å². The smallest absolute Gasteiger partial charge is 0.354 e. The van der Waals surface area contributed by atoms with Crippen molar-refractivity contribution in [1.29, 1.82) is 0 Å². The molecule has 0 bridgehead atoms. The first kappa shape index (κ1) is 10.3. The highest BCUT2D eigenvalue weighted by Gasteiger charge is 2.10. The molecule has 0 saturated heterocycles. The third-order valence-electron chi connectivity index (χ3n) is 2.24. The Kier molecular flexibility index (Phi) is 2.91. The lowest BCUT2D eigenvalue weighted by molar-refractivity contribution is 0.0689. The van der Waals surface area contributed by atoms with Crippen LogP contribution in [0.25, 0.3) is 0 Å². The molecule has 2 rings (SSSR count). The van der Waals surface area contributed by atoms with Gasteiger partial charge in [0.25, 0.3) is 0 Å². The standard InChI is InChI=1S/C12H10N2O2/c15-12(16)11-10(2-1-5-14-11)8-9-3-6-13-7-4-9/h1-7H,8H2,(H,15,16). The largest absolute Gasteiger partial charge is 0.477 e. The first-order valence-electron chi connectivity index (χ1n) is 4.83. The third-order valence-corrected chi connectivity index (χ3v) is 2.24. The molecular formula is C12H10N2O2. The van der Waals surface area contributed by atoms with Crippen molar-refractivity contribution in [2.75, 3.05) is 0 Å². The number of hydrogen-bond donors (Lipinski definition) is 1. The lowest BCUT2D eigenvalue weighted by Crippen LogP contribution is -2.05. The summed E-state index contributed by atoms with van der Waals surface area (Å²) >= 11 is 0. The fourth-order valence-corrected chi connectivity index (χ4v) is 1.49. The quantitative estimate of drug-likeness (QED) is 0.845. The van der Waals surface area contributed by atoms with E-state index in [2.05, 4.69) is 9.97 Å². The molecule has 80 valence electrons. The van der Waals surface area contributed by atoms with Crippen LogP contribution >= 0.6 is 0 Å². The van der Waals surface area contributed by atoms with Crippen molar-refractivity contribution in [3.8, 4) is 0 Å². The van der Waals surface area contributed by atoms with Crippen LogP contribution in [0.5, 0.6) is 0 Å². The maximum absolute atomic E-state index is 10.9. The molecule has 16 heavy (non-hydrogen) atoms. The number of hydrogen-bond acceptors (Lipinski definition) is 3. The highest BCUT2D eigenvalue weighted by atomic mass is 16.4. The number of rotatable bonds is 3. The maximum Gasteiger partial charge on any atom is 0.354 e. The molecule has 0 aliphatic carbocycles. The Bertz CT molecular complexity index is 497. The second-order valence-corrected chi connectivity index (χ2v) is 3.35. The summed E-state index contributed by atoms with van der Waals surface area (Å²) < 4.78 is 0. The lowest BCUT2D eigenvalue weighted by atomic mass is 10.0. The Morgan fingerprint density at radius 1 is 1.19 bits per heavy atom. The zero-order valence-corrected chi connectivity index (χ0v) is 8.50. The van der Waals surface area contributed by atoms with Crippen LogP contribution in [0.4, 0.5) is 0 Å². The molecule has 0 atom stereocenters. The molecule has 0 spiro atoms. The van der Waals surface area contributed by atoms with Crippen LogP contribution < -0.4 is 0 Å². The Morgan fingerprint density at radius 3 is 2.62 bits per heavy atom. The zero-order valence-electron chi connectivity index (χ0n) is 8.50. The van der Waals surface area contributed by atoms with E-state index in [1.807, 2.05) is 12.1 Å². The van der Waals surface area contributed by atoms with Gasteiger partial charge in [-0.2, -0.15) is 0 Å². The van der Waals surface area contributed by atoms with Crippen LogP contribution in [0, 0.1) is 0 Å². The Hall–Kier alpha value is -2.23. The first-order chi connectivity index (χ1) is 7.77. The normalized spacial score (nSPS) is 10.0. The Balaban J connectivity index is 2.31. The molecule has 4 nitrogen and oxygen atoms in total. The van der Waals surface area contributed by atoms with E-state index in [-0.39, 0.29) is 5.69 Å². The van der Waals surface area contributed by atoms with Gasteiger partial charge in [-0.3, -0.25) is 4.98 Å². The molecule has 2 heterocycles. The fraction of sp³-hybridized carbons (Fsp3) is 0.0833. The summed E-state index contributed by atoms with van der Waals surface area (Å²) in [6.07, 6.45) is 5.41. The van der Waals surface area contributed by atoms with Gasteiger partial charge in [0, 0.05) is 18.6 Å². The zero-order chi connectivity index (χ0) is 11.4. The van der Waals surface area contributed by atoms with Crippen LogP contribution in [0.2, 0.25) is 0 Å². The van der Waals surface area contributed by atoms with Crippen molar-refractivity contribution in [1.82, 2.24) is 9.97 Å². The van der Waals surface area contributed by atoms with Crippen LogP contribution in [0.1, 0.15) is 21.6 Å². The lowest BCUT2D eigenvalue weighted by Gasteiger charge is -2.04. The average Bonchev–Trinajstić information content (AvgIpc) is 2.31. The molecule has 0 unspecified atom stereocenters. The van der Waals surface area contributed by atoms with Crippen molar-refractivity contribution in [3.63, 3.8) is 0 Å². The van der Waals surface area contributed by atoms with Crippen LogP contribution in [0.3, 0.4) is 0 Å². The van der Waals surface area contributed by atoms with Crippen molar-refractivity contribution in [3.05, 3.63) is 59.7 Å². The van der Waals surface area contributed by atoms with Crippen molar-refractivity contribution in [2.45, 2.75) is 6.42 Å². The first-order valence-corrected chi connectivity index (χ1v) is 4.83. The second kappa shape index (κ2) is 4.53. The molecule has 0 aliphatic heterocycles. The molecular weight excluding hydrogens is 204 g/mol. The van der Waals surface area contributed by atoms with Gasteiger partial charge in [-0.15, -0.1) is 0 Å². The van der Waals surface area contributed by atoms with Gasteiger partial charge in [0.15, 0.2) is 5.69 Å². The summed E-state index contributed by atoms with van der Waals surface area (Å²) in [5, 5.41) is 8.97. The Morgan fingerprint density at radius 2 is 1.94 bits per heavy atom. The predicted molar refractivity (Wildman–Crippen MR) is 58.2 cm³/mol. The molecule has 0 aliphatic rings. The van der Waals surface area contributed by atoms with Gasteiger partial charge in [0.1, 0.15) is 0 Å². The van der Waals surface area contributed by atoms with E-state index in [9.17, 15) is 4.79 Å². The molecule has 0 aromatic carbocycles. The minimum atomic E-state index is -0.996. The average molecular weight is 214 g/mol. The van der Waals surface area contributed by atoms with Gasteiger partial charge in [0.2, 0.25) is 0 Å². The minimum Gasteiger partial charge on any atom is -0.477 e. The van der Waals surface area contributed by atoms with Crippen molar-refractivity contribution in [2.24, 2.45) is 0 Å². The summed E-state index contributed by atoms with van der Waals surface area (Å²) in [4.78, 5) is 18.7. The monoisotopic (exact) mass is 214 g/mol. The fourth-order valence-electron chi connectivity index (χ4n) is 1.49. The highest BCUT2D eigenvalue weighted by molar-refractivity contribution is 5.87. The molecule has 1 N–H and O–H groups in total. The number of pyridine rings is 2. The summed E-state index contributed by atoms with van der Waals surface area (Å²) in [5.74, 6) is -0.996. The van der Waals surface area contributed by atoms with Gasteiger partial charge in [-0.1, -0.05) is 6.07 Å². The van der Waals surface area contributed by atoms with E-state index in [4.69, 9.17) is 5.11 Å². The third kappa shape index (κ3) is 2.23. The molecule has 0 amide bonds. The van der Waals surface area contributed by atoms with Crippen molar-refractivity contribution >= 4 is 5.97 Å². The van der Waals surface area contributed by atoms with Crippen LogP contribution in [0.15, 0.2) is 42.9 Å². The van der Waals surface area contributed by atoms with E-state index >= 15 is 0 Å². The molecule has 2 aromatic heterocycles. The van der Waals surface area contributed by atoms with E-state index in [0.717, 1.165) is 5.56 Å². The van der Waals surface area contributed by atoms with Gasteiger partial charge in [-0.25, -0.2) is 9.78 Å². The summed E-state index contributed by atoms with van der Waals surface area (Å²) in [6.45, 7) is 0. The maximum atomic E-state index is 10.9. The van der Waals surface area contributed by atoms with E-state index in [0.29, 0.717) is 12.0 Å². The summed E-state index contributed by atoms with van der Waals surface area (Å²) in [5.41, 5.74) is 1.84. The molecule has 0 fully saturated rings. The predicted octanol–water partition coefficient (Wildman–Crippen LogP) is 1.77. The number of carbonyl (C=O) groups is 1.